The quantitative estimate of drug-likeness (QED) is 0.467. The smallest absolute Gasteiger partial charge is 0.292 e. The lowest BCUT2D eigenvalue weighted by Crippen LogP contribution is -2.28. The largest absolute Gasteiger partial charge is 0.393 e. The number of benzene rings is 1. The molecule has 0 saturated carbocycles. The first-order valence-corrected chi connectivity index (χ1v) is 6.73. The van der Waals surface area contributed by atoms with Gasteiger partial charge in [0.15, 0.2) is 0 Å². The van der Waals surface area contributed by atoms with Crippen molar-refractivity contribution in [3.05, 3.63) is 33.9 Å². The molecule has 0 aromatic heterocycles. The molecule has 1 aromatic carbocycles. The number of nitro benzene ring substituents is 1. The zero-order valence-corrected chi connectivity index (χ0v) is 11.9. The van der Waals surface area contributed by atoms with Crippen LogP contribution in [0.1, 0.15) is 32.8 Å². The zero-order valence-electron chi connectivity index (χ0n) is 11.9. The molecule has 0 aliphatic rings. The number of nitrogen functional groups attached to an aromatic ring is 1. The summed E-state index contributed by atoms with van der Waals surface area (Å²) >= 11 is 0. The van der Waals surface area contributed by atoms with Crippen molar-refractivity contribution < 1.29 is 4.92 Å². The highest BCUT2D eigenvalue weighted by Crippen LogP contribution is 2.26. The maximum Gasteiger partial charge on any atom is 0.292 e. The van der Waals surface area contributed by atoms with Gasteiger partial charge in [-0.25, -0.2) is 0 Å². The SMILES string of the molecule is CCC(C)CN(CC)Cc1cccc([N+](=O)[O-])c1N. The average Bonchev–Trinajstić information content (AvgIpc) is 2.39. The number of nitro groups is 1. The molecule has 5 nitrogen and oxygen atoms in total. The number of hydrogen-bond donors (Lipinski definition) is 1. The van der Waals surface area contributed by atoms with Gasteiger partial charge in [0.05, 0.1) is 4.92 Å². The fourth-order valence-electron chi connectivity index (χ4n) is 2.01. The maximum absolute atomic E-state index is 10.9. The second kappa shape index (κ2) is 7.09. The van der Waals surface area contributed by atoms with Crippen LogP contribution >= 0.6 is 0 Å². The molecule has 0 aliphatic heterocycles. The summed E-state index contributed by atoms with van der Waals surface area (Å²) in [6.07, 6.45) is 1.13. The van der Waals surface area contributed by atoms with Crippen molar-refractivity contribution in [2.75, 3.05) is 18.8 Å². The van der Waals surface area contributed by atoms with E-state index < -0.39 is 4.92 Å². The highest BCUT2D eigenvalue weighted by Gasteiger charge is 2.16. The van der Waals surface area contributed by atoms with Gasteiger partial charge in [-0.1, -0.05) is 39.3 Å². The van der Waals surface area contributed by atoms with Crippen LogP contribution in [0.15, 0.2) is 18.2 Å². The second-order valence-corrected chi connectivity index (χ2v) is 4.95. The molecule has 0 amide bonds. The first-order chi connectivity index (χ1) is 8.99. The first kappa shape index (κ1) is 15.4. The van der Waals surface area contributed by atoms with Gasteiger partial charge in [0.1, 0.15) is 5.69 Å². The van der Waals surface area contributed by atoms with Crippen LogP contribution in [-0.2, 0) is 6.54 Å². The summed E-state index contributed by atoms with van der Waals surface area (Å²) < 4.78 is 0. The summed E-state index contributed by atoms with van der Waals surface area (Å²) in [5.41, 5.74) is 7.00. The van der Waals surface area contributed by atoms with E-state index in [1.54, 1.807) is 6.07 Å². The average molecular weight is 265 g/mol. The Labute approximate surface area is 114 Å². The van der Waals surface area contributed by atoms with E-state index in [0.717, 1.165) is 25.1 Å². The third kappa shape index (κ3) is 4.21. The van der Waals surface area contributed by atoms with Gasteiger partial charge >= 0.3 is 0 Å². The normalized spacial score (nSPS) is 12.6. The van der Waals surface area contributed by atoms with Crippen LogP contribution in [0.2, 0.25) is 0 Å². The lowest BCUT2D eigenvalue weighted by Gasteiger charge is -2.24. The number of para-hydroxylation sites is 1. The number of hydrogen-bond acceptors (Lipinski definition) is 4. The maximum atomic E-state index is 10.9. The second-order valence-electron chi connectivity index (χ2n) is 4.95. The van der Waals surface area contributed by atoms with Gasteiger partial charge in [0.2, 0.25) is 0 Å². The molecule has 0 saturated heterocycles. The molecule has 2 N–H and O–H groups in total. The molecule has 1 unspecified atom stereocenters. The monoisotopic (exact) mass is 265 g/mol. The van der Waals surface area contributed by atoms with Crippen molar-refractivity contribution >= 4 is 11.4 Å². The fourth-order valence-corrected chi connectivity index (χ4v) is 2.01. The van der Waals surface area contributed by atoms with Crippen LogP contribution in [0.3, 0.4) is 0 Å². The van der Waals surface area contributed by atoms with Crippen molar-refractivity contribution in [1.82, 2.24) is 4.90 Å². The summed E-state index contributed by atoms with van der Waals surface area (Å²) in [4.78, 5) is 12.7. The number of nitrogens with two attached hydrogens (primary N) is 1. The minimum Gasteiger partial charge on any atom is -0.393 e. The summed E-state index contributed by atoms with van der Waals surface area (Å²) in [6, 6.07) is 5.01. The zero-order chi connectivity index (χ0) is 14.4. The van der Waals surface area contributed by atoms with Gasteiger partial charge in [-0.2, -0.15) is 0 Å². The minimum atomic E-state index is -0.427. The van der Waals surface area contributed by atoms with E-state index >= 15 is 0 Å². The number of nitrogens with zero attached hydrogens (tertiary/aromatic N) is 2. The Morgan fingerprint density at radius 1 is 1.42 bits per heavy atom. The van der Waals surface area contributed by atoms with E-state index in [9.17, 15) is 10.1 Å². The lowest BCUT2D eigenvalue weighted by atomic mass is 10.1. The Bertz CT molecular complexity index is 435. The number of anilines is 1. The summed E-state index contributed by atoms with van der Waals surface area (Å²) in [5.74, 6) is 0.611. The fraction of sp³-hybridized carbons (Fsp3) is 0.571. The van der Waals surface area contributed by atoms with Crippen molar-refractivity contribution in [1.29, 1.82) is 0 Å². The molecular weight excluding hydrogens is 242 g/mol. The van der Waals surface area contributed by atoms with Crippen LogP contribution < -0.4 is 5.73 Å². The van der Waals surface area contributed by atoms with Gasteiger partial charge in [-0.3, -0.25) is 15.0 Å². The van der Waals surface area contributed by atoms with E-state index in [-0.39, 0.29) is 11.4 Å². The lowest BCUT2D eigenvalue weighted by molar-refractivity contribution is -0.384. The molecule has 1 atom stereocenters. The van der Waals surface area contributed by atoms with Gasteiger partial charge in [0.25, 0.3) is 5.69 Å². The molecule has 1 aromatic rings. The molecule has 19 heavy (non-hydrogen) atoms. The molecule has 0 spiro atoms. The molecule has 106 valence electrons. The van der Waals surface area contributed by atoms with E-state index in [1.807, 2.05) is 6.07 Å². The van der Waals surface area contributed by atoms with Crippen LogP contribution in [0.25, 0.3) is 0 Å². The molecule has 0 bridgehead atoms. The van der Waals surface area contributed by atoms with E-state index in [0.29, 0.717) is 12.5 Å². The highest BCUT2D eigenvalue weighted by molar-refractivity contribution is 5.62. The summed E-state index contributed by atoms with van der Waals surface area (Å²) in [5, 5.41) is 10.9. The minimum absolute atomic E-state index is 0.00269. The molecule has 1 rings (SSSR count). The molecular formula is C14H23N3O2. The van der Waals surface area contributed by atoms with Crippen LogP contribution in [0.4, 0.5) is 11.4 Å². The van der Waals surface area contributed by atoms with Gasteiger partial charge < -0.3 is 5.73 Å². The Morgan fingerprint density at radius 2 is 2.11 bits per heavy atom. The predicted octanol–water partition coefficient (Wildman–Crippen LogP) is 3.05. The Morgan fingerprint density at radius 3 is 2.63 bits per heavy atom. The van der Waals surface area contributed by atoms with Gasteiger partial charge in [-0.15, -0.1) is 0 Å². The Balaban J connectivity index is 2.85. The van der Waals surface area contributed by atoms with Crippen LogP contribution in [0.5, 0.6) is 0 Å². The molecule has 0 fully saturated rings. The molecule has 0 aliphatic carbocycles. The van der Waals surface area contributed by atoms with Crippen molar-refractivity contribution in [3.63, 3.8) is 0 Å². The third-order valence-electron chi connectivity index (χ3n) is 3.48. The molecule has 0 heterocycles. The van der Waals surface area contributed by atoms with Crippen molar-refractivity contribution in [3.8, 4) is 0 Å². The van der Waals surface area contributed by atoms with Gasteiger partial charge in [-0.05, 0) is 18.0 Å². The predicted molar refractivity (Wildman–Crippen MR) is 77.9 cm³/mol. The van der Waals surface area contributed by atoms with E-state index in [2.05, 4.69) is 25.7 Å². The van der Waals surface area contributed by atoms with E-state index in [4.69, 9.17) is 5.73 Å². The number of rotatable bonds is 7. The van der Waals surface area contributed by atoms with Gasteiger partial charge in [0, 0.05) is 19.2 Å². The highest BCUT2D eigenvalue weighted by atomic mass is 16.6. The standard InChI is InChI=1S/C14H23N3O2/c1-4-11(3)9-16(5-2)10-12-7-6-8-13(14(12)15)17(18)19/h6-8,11H,4-5,9-10,15H2,1-3H3. The summed E-state index contributed by atoms with van der Waals surface area (Å²) in [7, 11) is 0. The third-order valence-corrected chi connectivity index (χ3v) is 3.48. The van der Waals surface area contributed by atoms with Crippen LogP contribution in [-0.4, -0.2) is 22.9 Å². The molecule has 0 radical (unpaired) electrons. The first-order valence-electron chi connectivity index (χ1n) is 6.73. The van der Waals surface area contributed by atoms with Crippen LogP contribution in [0, 0.1) is 16.0 Å². The van der Waals surface area contributed by atoms with Crippen molar-refractivity contribution in [2.45, 2.75) is 33.7 Å². The van der Waals surface area contributed by atoms with Crippen molar-refractivity contribution in [2.24, 2.45) is 5.92 Å². The topological polar surface area (TPSA) is 72.4 Å². The molecule has 5 heteroatoms. The Kier molecular flexibility index (Phi) is 5.76. The summed E-state index contributed by atoms with van der Waals surface area (Å²) in [6.45, 7) is 9.02. The Hall–Kier alpha value is -1.62. The van der Waals surface area contributed by atoms with E-state index in [1.165, 1.54) is 6.07 Å².